The maximum atomic E-state index is 14.0. The van der Waals surface area contributed by atoms with Crippen molar-refractivity contribution in [2.24, 2.45) is 0 Å². The molecule has 98 valence electrons. The summed E-state index contributed by atoms with van der Waals surface area (Å²) in [5.41, 5.74) is 1.34. The van der Waals surface area contributed by atoms with Gasteiger partial charge in [0.15, 0.2) is 0 Å². The van der Waals surface area contributed by atoms with Crippen LogP contribution in [0.4, 0.5) is 4.39 Å². The van der Waals surface area contributed by atoms with Crippen LogP contribution in [0.25, 0.3) is 0 Å². The van der Waals surface area contributed by atoms with Gasteiger partial charge < -0.3 is 5.11 Å². The summed E-state index contributed by atoms with van der Waals surface area (Å²) in [6.07, 6.45) is 7.84. The van der Waals surface area contributed by atoms with Crippen LogP contribution in [0.3, 0.4) is 0 Å². The maximum Gasteiger partial charge on any atom is 0.143 e. The predicted octanol–water partition coefficient (Wildman–Crippen LogP) is 4.90. The summed E-state index contributed by atoms with van der Waals surface area (Å²) in [6.45, 7) is 0. The molecule has 0 amide bonds. The zero-order valence-corrected chi connectivity index (χ0v) is 11.9. The van der Waals surface area contributed by atoms with E-state index in [2.05, 4.69) is 22.0 Å². The molecule has 18 heavy (non-hydrogen) atoms. The highest BCUT2D eigenvalue weighted by molar-refractivity contribution is 9.10. The highest BCUT2D eigenvalue weighted by atomic mass is 79.9. The van der Waals surface area contributed by atoms with Gasteiger partial charge >= 0.3 is 0 Å². The van der Waals surface area contributed by atoms with E-state index in [9.17, 15) is 9.50 Å². The van der Waals surface area contributed by atoms with Crippen molar-refractivity contribution in [2.45, 2.75) is 44.6 Å². The van der Waals surface area contributed by atoms with E-state index in [0.29, 0.717) is 10.0 Å². The summed E-state index contributed by atoms with van der Waals surface area (Å²) < 4.78 is 14.4. The molecule has 1 N–H and O–H groups in total. The first kappa shape index (κ1) is 13.8. The molecule has 1 aromatic carbocycles. The Morgan fingerprint density at radius 1 is 1.17 bits per heavy atom. The van der Waals surface area contributed by atoms with Gasteiger partial charge in [-0.3, -0.25) is 0 Å². The molecule has 2 rings (SSSR count). The van der Waals surface area contributed by atoms with Gasteiger partial charge in [0, 0.05) is 5.56 Å². The Morgan fingerprint density at radius 2 is 1.94 bits per heavy atom. The summed E-state index contributed by atoms with van der Waals surface area (Å²) in [4.78, 5) is 0. The van der Waals surface area contributed by atoms with Crippen LogP contribution in [0.5, 0.6) is 0 Å². The zero-order valence-electron chi connectivity index (χ0n) is 10.3. The van der Waals surface area contributed by atoms with Crippen molar-refractivity contribution in [3.63, 3.8) is 0 Å². The fraction of sp³-hybridized carbons (Fsp3) is 0.467. The normalized spacial score (nSPS) is 21.6. The molecule has 0 radical (unpaired) electrons. The van der Waals surface area contributed by atoms with Crippen LogP contribution in [0.2, 0.25) is 0 Å². The molecule has 0 aliphatic heterocycles. The lowest BCUT2D eigenvalue weighted by Gasteiger charge is -2.18. The first-order valence-electron chi connectivity index (χ1n) is 6.51. The van der Waals surface area contributed by atoms with Gasteiger partial charge in [0.1, 0.15) is 11.9 Å². The Labute approximate surface area is 116 Å². The van der Waals surface area contributed by atoms with Crippen molar-refractivity contribution in [2.75, 3.05) is 0 Å². The second-order valence-electron chi connectivity index (χ2n) is 4.78. The zero-order chi connectivity index (χ0) is 13.0. The Kier molecular flexibility index (Phi) is 4.95. The van der Waals surface area contributed by atoms with Gasteiger partial charge in [-0.05, 0) is 53.3 Å². The number of halogens is 2. The highest BCUT2D eigenvalue weighted by Gasteiger charge is 2.18. The van der Waals surface area contributed by atoms with E-state index in [1.165, 1.54) is 12.8 Å². The number of allylic oxidation sites excluding steroid dienone is 1. The van der Waals surface area contributed by atoms with E-state index in [-0.39, 0.29) is 5.82 Å². The third-order valence-electron chi connectivity index (χ3n) is 3.45. The molecule has 1 aromatic rings. The second-order valence-corrected chi connectivity index (χ2v) is 5.63. The molecule has 1 unspecified atom stereocenters. The minimum atomic E-state index is -0.805. The lowest BCUT2D eigenvalue weighted by molar-refractivity contribution is 0.204. The molecule has 1 nitrogen and oxygen atoms in total. The molecule has 1 aliphatic rings. The molecular formula is C15H18BrFO. The fourth-order valence-corrected chi connectivity index (χ4v) is 2.78. The molecule has 0 aromatic heterocycles. The van der Waals surface area contributed by atoms with E-state index in [1.807, 2.05) is 0 Å². The quantitative estimate of drug-likeness (QED) is 0.770. The molecular weight excluding hydrogens is 295 g/mol. The summed E-state index contributed by atoms with van der Waals surface area (Å²) in [7, 11) is 0. The number of benzene rings is 1. The van der Waals surface area contributed by atoms with Crippen LogP contribution < -0.4 is 0 Å². The molecule has 1 atom stereocenters. The topological polar surface area (TPSA) is 20.2 Å². The van der Waals surface area contributed by atoms with Gasteiger partial charge in [-0.15, -0.1) is 0 Å². The van der Waals surface area contributed by atoms with Crippen molar-refractivity contribution < 1.29 is 9.50 Å². The van der Waals surface area contributed by atoms with Crippen LogP contribution in [-0.4, -0.2) is 5.11 Å². The van der Waals surface area contributed by atoms with Crippen LogP contribution >= 0.6 is 15.9 Å². The smallest absolute Gasteiger partial charge is 0.143 e. The van der Waals surface area contributed by atoms with Crippen molar-refractivity contribution >= 4 is 15.9 Å². The van der Waals surface area contributed by atoms with Crippen molar-refractivity contribution in [1.82, 2.24) is 0 Å². The van der Waals surface area contributed by atoms with Gasteiger partial charge in [-0.2, -0.15) is 0 Å². The van der Waals surface area contributed by atoms with Gasteiger partial charge in [-0.25, -0.2) is 4.39 Å². The molecule has 0 heterocycles. The maximum absolute atomic E-state index is 14.0. The van der Waals surface area contributed by atoms with Crippen LogP contribution in [0.1, 0.15) is 50.2 Å². The standard InChI is InChI=1S/C15H18BrFO/c16-13-10-6-9-12(14(13)17)15(18)11-7-4-2-1-3-5-8-11/h6-7,9-10,15,18H,1-5,8H2/b11-7+. The number of rotatable bonds is 2. The average Bonchev–Trinajstić information content (AvgIpc) is 2.31. The van der Waals surface area contributed by atoms with Crippen molar-refractivity contribution in [3.05, 3.63) is 45.7 Å². The van der Waals surface area contributed by atoms with E-state index >= 15 is 0 Å². The van der Waals surface area contributed by atoms with Gasteiger partial charge in [0.05, 0.1) is 4.47 Å². The molecule has 3 heteroatoms. The first-order valence-corrected chi connectivity index (χ1v) is 7.30. The molecule has 0 saturated heterocycles. The molecule has 0 bridgehead atoms. The van der Waals surface area contributed by atoms with E-state index in [1.54, 1.807) is 18.2 Å². The average molecular weight is 313 g/mol. The lowest BCUT2D eigenvalue weighted by atomic mass is 9.92. The van der Waals surface area contributed by atoms with E-state index in [4.69, 9.17) is 0 Å². The molecule has 0 fully saturated rings. The van der Waals surface area contributed by atoms with Gasteiger partial charge in [0.25, 0.3) is 0 Å². The second kappa shape index (κ2) is 6.48. The number of aliphatic hydroxyl groups excluding tert-OH is 1. The van der Waals surface area contributed by atoms with E-state index < -0.39 is 6.10 Å². The monoisotopic (exact) mass is 312 g/mol. The minimum Gasteiger partial charge on any atom is -0.384 e. The van der Waals surface area contributed by atoms with Crippen LogP contribution in [0.15, 0.2) is 34.3 Å². The van der Waals surface area contributed by atoms with Gasteiger partial charge in [0.2, 0.25) is 0 Å². The van der Waals surface area contributed by atoms with Gasteiger partial charge in [-0.1, -0.05) is 31.1 Å². The number of aliphatic hydroxyl groups is 1. The van der Waals surface area contributed by atoms with Crippen LogP contribution in [-0.2, 0) is 0 Å². The Morgan fingerprint density at radius 3 is 2.78 bits per heavy atom. The summed E-state index contributed by atoms with van der Waals surface area (Å²) >= 11 is 3.16. The Bertz CT molecular complexity index is 442. The van der Waals surface area contributed by atoms with Crippen molar-refractivity contribution in [1.29, 1.82) is 0 Å². The molecule has 0 saturated carbocycles. The first-order chi connectivity index (χ1) is 8.70. The fourth-order valence-electron chi connectivity index (χ4n) is 2.40. The molecule has 1 aliphatic carbocycles. The SMILES string of the molecule is OC(/C1=C/CCCCCC1)c1cccc(Br)c1F. The third-order valence-corrected chi connectivity index (χ3v) is 4.07. The Balaban J connectivity index is 2.23. The lowest BCUT2D eigenvalue weighted by Crippen LogP contribution is -2.06. The summed E-state index contributed by atoms with van der Waals surface area (Å²) in [6, 6.07) is 5.07. The molecule has 0 spiro atoms. The largest absolute Gasteiger partial charge is 0.384 e. The van der Waals surface area contributed by atoms with Crippen LogP contribution in [0, 0.1) is 5.82 Å². The number of hydrogen-bond donors (Lipinski definition) is 1. The number of hydrogen-bond acceptors (Lipinski definition) is 1. The highest BCUT2D eigenvalue weighted by Crippen LogP contribution is 2.32. The summed E-state index contributed by atoms with van der Waals surface area (Å²) in [5, 5.41) is 10.3. The van der Waals surface area contributed by atoms with E-state index in [0.717, 1.165) is 31.3 Å². The Hall–Kier alpha value is -0.670. The third kappa shape index (κ3) is 3.21. The minimum absolute atomic E-state index is 0.354. The predicted molar refractivity (Wildman–Crippen MR) is 74.8 cm³/mol. The van der Waals surface area contributed by atoms with Crippen molar-refractivity contribution in [3.8, 4) is 0 Å². The summed E-state index contributed by atoms with van der Waals surface area (Å²) in [5.74, 6) is -0.354.